The van der Waals surface area contributed by atoms with Crippen LogP contribution in [0.25, 0.3) is 0 Å². The highest BCUT2D eigenvalue weighted by Crippen LogP contribution is 2.35. The molecule has 0 spiro atoms. The topological polar surface area (TPSA) is 91.6 Å². The van der Waals surface area contributed by atoms with Crippen molar-refractivity contribution in [2.45, 2.75) is 19.7 Å². The number of halogens is 4. The number of ether oxygens (including phenoxy) is 2. The van der Waals surface area contributed by atoms with Gasteiger partial charge in [-0.3, -0.25) is 14.9 Å². The molecule has 7 nitrogen and oxygen atoms in total. The van der Waals surface area contributed by atoms with Crippen LogP contribution in [-0.2, 0) is 16.0 Å². The molecular formula is C10H8F3IN2O5. The quantitative estimate of drug-likeness (QED) is 0.315. The first kappa shape index (κ1) is 17.4. The Morgan fingerprint density at radius 3 is 2.62 bits per heavy atom. The van der Waals surface area contributed by atoms with Gasteiger partial charge in [0.15, 0.2) is 0 Å². The minimum absolute atomic E-state index is 0.0790. The number of nitro groups is 1. The Kier molecular flexibility index (Phi) is 5.69. The summed E-state index contributed by atoms with van der Waals surface area (Å²) in [5.74, 6) is -1.85. The van der Waals surface area contributed by atoms with E-state index in [1.165, 1.54) is 22.6 Å². The van der Waals surface area contributed by atoms with Crippen LogP contribution in [0.15, 0.2) is 6.20 Å². The van der Waals surface area contributed by atoms with Crippen molar-refractivity contribution in [1.29, 1.82) is 0 Å². The number of aromatic nitrogens is 1. The maximum atomic E-state index is 12.2. The van der Waals surface area contributed by atoms with Crippen molar-refractivity contribution in [3.05, 3.63) is 25.4 Å². The SMILES string of the molecule is CCOC(=O)Cc1cnc(OC(F)(F)F)c([N+](=O)[O-])c1I. The molecule has 0 radical (unpaired) electrons. The van der Waals surface area contributed by atoms with Crippen LogP contribution in [0.1, 0.15) is 12.5 Å². The Bertz CT molecular complexity index is 564. The zero-order valence-electron chi connectivity index (χ0n) is 10.4. The summed E-state index contributed by atoms with van der Waals surface area (Å²) in [7, 11) is 0. The second kappa shape index (κ2) is 6.87. The third-order valence-corrected chi connectivity index (χ3v) is 3.27. The zero-order chi connectivity index (χ0) is 16.2. The maximum Gasteiger partial charge on any atom is 0.574 e. The fourth-order valence-corrected chi connectivity index (χ4v) is 2.09. The van der Waals surface area contributed by atoms with Gasteiger partial charge in [-0.25, -0.2) is 4.98 Å². The molecule has 0 unspecified atom stereocenters. The van der Waals surface area contributed by atoms with Crippen molar-refractivity contribution in [2.75, 3.05) is 6.61 Å². The van der Waals surface area contributed by atoms with Gasteiger partial charge in [0.25, 0.3) is 0 Å². The normalized spacial score (nSPS) is 11.1. The van der Waals surface area contributed by atoms with E-state index in [0.29, 0.717) is 0 Å². The molecule has 0 saturated heterocycles. The lowest BCUT2D eigenvalue weighted by Crippen LogP contribution is -2.19. The van der Waals surface area contributed by atoms with Crippen LogP contribution in [0.4, 0.5) is 18.9 Å². The van der Waals surface area contributed by atoms with Crippen LogP contribution >= 0.6 is 22.6 Å². The van der Waals surface area contributed by atoms with Crippen LogP contribution in [0.2, 0.25) is 0 Å². The van der Waals surface area contributed by atoms with Gasteiger partial charge >= 0.3 is 23.9 Å². The fraction of sp³-hybridized carbons (Fsp3) is 0.400. The second-order valence-electron chi connectivity index (χ2n) is 3.54. The first-order valence-corrected chi connectivity index (χ1v) is 6.46. The number of alkyl halides is 3. The lowest BCUT2D eigenvalue weighted by molar-refractivity contribution is -0.390. The molecule has 1 rings (SSSR count). The van der Waals surface area contributed by atoms with Gasteiger partial charge in [-0.1, -0.05) is 0 Å². The lowest BCUT2D eigenvalue weighted by Gasteiger charge is -2.10. The standard InChI is InChI=1S/C10H8F3IN2O5/c1-2-20-6(17)3-5-4-15-9(21-10(11,12)13)8(7(5)14)16(18)19/h4H,2-3H2,1H3. The molecule has 1 aromatic heterocycles. The molecule has 0 aliphatic rings. The number of pyridine rings is 1. The Hall–Kier alpha value is -1.66. The van der Waals surface area contributed by atoms with Crippen LogP contribution in [-0.4, -0.2) is 28.8 Å². The minimum Gasteiger partial charge on any atom is -0.466 e. The van der Waals surface area contributed by atoms with Gasteiger partial charge in [-0.15, -0.1) is 13.2 Å². The number of nitrogens with zero attached hydrogens (tertiary/aromatic N) is 2. The largest absolute Gasteiger partial charge is 0.574 e. The predicted molar refractivity (Wildman–Crippen MR) is 70.6 cm³/mol. The van der Waals surface area contributed by atoms with Crippen molar-refractivity contribution in [3.63, 3.8) is 0 Å². The third kappa shape index (κ3) is 4.99. The second-order valence-corrected chi connectivity index (χ2v) is 4.62. The number of rotatable bonds is 5. The molecule has 0 fully saturated rings. The number of esters is 1. The Morgan fingerprint density at radius 1 is 1.52 bits per heavy atom. The molecule has 0 saturated carbocycles. The molecule has 11 heteroatoms. The van der Waals surface area contributed by atoms with Crippen molar-refractivity contribution in [1.82, 2.24) is 4.98 Å². The molecule has 0 N–H and O–H groups in total. The molecular weight excluding hydrogens is 412 g/mol. The average Bonchev–Trinajstić information content (AvgIpc) is 2.30. The van der Waals surface area contributed by atoms with E-state index in [1.807, 2.05) is 0 Å². The zero-order valence-corrected chi connectivity index (χ0v) is 12.6. The molecule has 0 bridgehead atoms. The highest BCUT2D eigenvalue weighted by Gasteiger charge is 2.37. The van der Waals surface area contributed by atoms with Crippen LogP contribution in [0.5, 0.6) is 5.88 Å². The highest BCUT2D eigenvalue weighted by atomic mass is 127. The van der Waals surface area contributed by atoms with Gasteiger partial charge in [0.05, 0.1) is 18.0 Å². The molecule has 21 heavy (non-hydrogen) atoms. The summed E-state index contributed by atoms with van der Waals surface area (Å²) in [6, 6.07) is 0. The summed E-state index contributed by atoms with van der Waals surface area (Å²) in [5, 5.41) is 10.9. The fourth-order valence-electron chi connectivity index (χ4n) is 1.33. The summed E-state index contributed by atoms with van der Waals surface area (Å²) in [6.07, 6.45) is -4.54. The monoisotopic (exact) mass is 420 g/mol. The maximum absolute atomic E-state index is 12.2. The number of hydrogen-bond donors (Lipinski definition) is 0. The van der Waals surface area contributed by atoms with Crippen molar-refractivity contribution in [2.24, 2.45) is 0 Å². The van der Waals surface area contributed by atoms with Crippen molar-refractivity contribution in [3.8, 4) is 5.88 Å². The van der Waals surface area contributed by atoms with Gasteiger partial charge in [0.2, 0.25) is 0 Å². The number of hydrogen-bond acceptors (Lipinski definition) is 6. The molecule has 1 heterocycles. The first-order chi connectivity index (χ1) is 9.65. The molecule has 1 aromatic rings. The molecule has 116 valence electrons. The first-order valence-electron chi connectivity index (χ1n) is 5.38. The molecule has 0 aromatic carbocycles. The van der Waals surface area contributed by atoms with Crippen LogP contribution in [0, 0.1) is 13.7 Å². The van der Waals surface area contributed by atoms with E-state index < -0.39 is 28.8 Å². The third-order valence-electron chi connectivity index (χ3n) is 2.07. The van der Waals surface area contributed by atoms with Crippen LogP contribution in [0.3, 0.4) is 0 Å². The van der Waals surface area contributed by atoms with Crippen LogP contribution < -0.4 is 4.74 Å². The summed E-state index contributed by atoms with van der Waals surface area (Å²) in [6.45, 7) is 1.68. The van der Waals surface area contributed by atoms with Gasteiger partial charge in [0, 0.05) is 11.8 Å². The van der Waals surface area contributed by atoms with E-state index in [0.717, 1.165) is 6.20 Å². The lowest BCUT2D eigenvalue weighted by atomic mass is 10.2. The van der Waals surface area contributed by atoms with Crippen molar-refractivity contribution < 1.29 is 32.4 Å². The van der Waals surface area contributed by atoms with Gasteiger partial charge in [-0.05, 0) is 29.5 Å². The van der Waals surface area contributed by atoms with E-state index in [1.54, 1.807) is 6.92 Å². The van der Waals surface area contributed by atoms with E-state index >= 15 is 0 Å². The van der Waals surface area contributed by atoms with Gasteiger partial charge < -0.3 is 9.47 Å². The van der Waals surface area contributed by atoms with E-state index in [2.05, 4.69) is 14.5 Å². The van der Waals surface area contributed by atoms with Gasteiger partial charge in [0.1, 0.15) is 3.57 Å². The van der Waals surface area contributed by atoms with Crippen molar-refractivity contribution >= 4 is 34.2 Å². The number of carbonyl (C=O) groups is 1. The number of carbonyl (C=O) groups excluding carboxylic acids is 1. The van der Waals surface area contributed by atoms with E-state index in [4.69, 9.17) is 0 Å². The average molecular weight is 420 g/mol. The van der Waals surface area contributed by atoms with Gasteiger partial charge in [-0.2, -0.15) is 0 Å². The summed E-state index contributed by atoms with van der Waals surface area (Å²) in [4.78, 5) is 24.4. The Morgan fingerprint density at radius 2 is 2.14 bits per heavy atom. The molecule has 0 aliphatic carbocycles. The molecule has 0 atom stereocenters. The summed E-state index contributed by atoms with van der Waals surface area (Å²) in [5.41, 5.74) is -0.870. The van der Waals surface area contributed by atoms with E-state index in [-0.39, 0.29) is 22.2 Å². The van der Waals surface area contributed by atoms with E-state index in [9.17, 15) is 28.1 Å². The minimum atomic E-state index is -5.11. The Labute approximate surface area is 129 Å². The summed E-state index contributed by atoms with van der Waals surface area (Å²) >= 11 is 1.46. The Balaban J connectivity index is 3.20. The predicted octanol–water partition coefficient (Wildman–Crippen LogP) is 2.60. The molecule has 0 aliphatic heterocycles. The highest BCUT2D eigenvalue weighted by molar-refractivity contribution is 14.1. The molecule has 0 amide bonds. The summed E-state index contributed by atoms with van der Waals surface area (Å²) < 4.78 is 44.5. The smallest absolute Gasteiger partial charge is 0.466 e.